The minimum atomic E-state index is -0.596. The van der Waals surface area contributed by atoms with E-state index in [4.69, 9.17) is 11.6 Å². The molecule has 3 heterocycles. The van der Waals surface area contributed by atoms with Crippen LogP contribution in [-0.2, 0) is 7.05 Å². The summed E-state index contributed by atoms with van der Waals surface area (Å²) in [5.41, 5.74) is 0.789. The molecule has 12 heteroatoms. The number of nitrogens with zero attached hydrogens (tertiary/aromatic N) is 4. The number of fused-ring (bicyclic) bond motifs is 1. The molecule has 8 nitrogen and oxygen atoms in total. The fourth-order valence-electron chi connectivity index (χ4n) is 4.47. The van der Waals surface area contributed by atoms with Crippen molar-refractivity contribution in [3.63, 3.8) is 0 Å². The Morgan fingerprint density at radius 2 is 2.03 bits per heavy atom. The van der Waals surface area contributed by atoms with E-state index in [1.54, 1.807) is 30.1 Å². The standard InChI is InChI=1S/C23H21BrClF2N7O/c1-34-10-18(24)32-22(34)23(35)31-13-4-2-3-12(7-13)30-21-17(27)9-29-20(33-21)15-8-28-19-14(15)5-11(25)6-16(19)26/h5-6,8-10,12-13,28H,2-4,7H2,1H3,(H,31,35)(H,29,30,33)/t12-,13+/m0/s1. The van der Waals surface area contributed by atoms with Crippen molar-refractivity contribution in [1.82, 2.24) is 29.8 Å². The summed E-state index contributed by atoms with van der Waals surface area (Å²) in [6.45, 7) is 0. The monoisotopic (exact) mass is 563 g/mol. The summed E-state index contributed by atoms with van der Waals surface area (Å²) in [6, 6.07) is 2.63. The SMILES string of the molecule is Cn1cc(Br)nc1C(=O)N[C@@H]1CCC[C@H](Nc2nc(-c3c[nH]c4c(F)cc(Cl)cc34)ncc2F)C1. The van der Waals surface area contributed by atoms with Crippen molar-refractivity contribution in [3.8, 4) is 11.4 Å². The molecule has 4 aromatic rings. The lowest BCUT2D eigenvalue weighted by Gasteiger charge is -2.30. The first-order chi connectivity index (χ1) is 16.8. The average Bonchev–Trinajstić information content (AvgIpc) is 3.38. The van der Waals surface area contributed by atoms with Gasteiger partial charge in [0, 0.05) is 47.5 Å². The van der Waals surface area contributed by atoms with Gasteiger partial charge in [-0.1, -0.05) is 11.6 Å². The number of nitrogens with one attached hydrogen (secondary N) is 3. The third-order valence-electron chi connectivity index (χ3n) is 6.09. The Kier molecular flexibility index (Phi) is 6.45. The predicted molar refractivity (Wildman–Crippen MR) is 132 cm³/mol. The summed E-state index contributed by atoms with van der Waals surface area (Å²) in [4.78, 5) is 28.2. The number of hydrogen-bond donors (Lipinski definition) is 3. The minimum Gasteiger partial charge on any atom is -0.365 e. The quantitative estimate of drug-likeness (QED) is 0.309. The lowest BCUT2D eigenvalue weighted by atomic mass is 9.91. The maximum atomic E-state index is 14.6. The Morgan fingerprint density at radius 1 is 1.23 bits per heavy atom. The summed E-state index contributed by atoms with van der Waals surface area (Å²) < 4.78 is 31.1. The zero-order valence-corrected chi connectivity index (χ0v) is 20.9. The second kappa shape index (κ2) is 9.54. The van der Waals surface area contributed by atoms with Crippen LogP contribution in [-0.4, -0.2) is 42.5 Å². The summed E-state index contributed by atoms with van der Waals surface area (Å²) in [5.74, 6) is -0.743. The Balaban J connectivity index is 1.33. The lowest BCUT2D eigenvalue weighted by Crippen LogP contribution is -2.42. The molecule has 1 aliphatic carbocycles. The van der Waals surface area contributed by atoms with E-state index < -0.39 is 11.6 Å². The molecule has 1 aliphatic rings. The van der Waals surface area contributed by atoms with Gasteiger partial charge >= 0.3 is 0 Å². The highest BCUT2D eigenvalue weighted by atomic mass is 79.9. The molecule has 0 unspecified atom stereocenters. The first kappa shape index (κ1) is 23.7. The number of rotatable bonds is 5. The molecule has 5 rings (SSSR count). The Labute approximate surface area is 212 Å². The molecule has 0 radical (unpaired) electrons. The first-order valence-corrected chi connectivity index (χ1v) is 12.2. The number of H-pyrrole nitrogens is 1. The lowest BCUT2D eigenvalue weighted by molar-refractivity contribution is 0.0912. The van der Waals surface area contributed by atoms with E-state index in [1.807, 2.05) is 0 Å². The van der Waals surface area contributed by atoms with Crippen LogP contribution >= 0.6 is 27.5 Å². The molecule has 0 spiro atoms. The van der Waals surface area contributed by atoms with Crippen LogP contribution in [0.1, 0.15) is 36.3 Å². The summed E-state index contributed by atoms with van der Waals surface area (Å²) in [7, 11) is 1.75. The number of hydrogen-bond acceptors (Lipinski definition) is 5. The fourth-order valence-corrected chi connectivity index (χ4v) is 5.15. The summed E-state index contributed by atoms with van der Waals surface area (Å²) in [6.07, 6.45) is 7.44. The van der Waals surface area contributed by atoms with Gasteiger partial charge in [0.05, 0.1) is 11.7 Å². The molecule has 35 heavy (non-hydrogen) atoms. The Hall–Kier alpha value is -3.05. The van der Waals surface area contributed by atoms with Gasteiger partial charge in [-0.25, -0.2) is 23.7 Å². The van der Waals surface area contributed by atoms with Gasteiger partial charge < -0.3 is 20.2 Å². The van der Waals surface area contributed by atoms with Crippen LogP contribution in [0.25, 0.3) is 22.3 Å². The van der Waals surface area contributed by atoms with Crippen molar-refractivity contribution in [2.75, 3.05) is 5.32 Å². The van der Waals surface area contributed by atoms with Gasteiger partial charge in [-0.2, -0.15) is 0 Å². The number of halogens is 4. The number of carbonyl (C=O) groups excluding carboxylic acids is 1. The van der Waals surface area contributed by atoms with Gasteiger partial charge in [-0.3, -0.25) is 4.79 Å². The number of anilines is 1. The average molecular weight is 565 g/mol. The summed E-state index contributed by atoms with van der Waals surface area (Å²) in [5, 5.41) is 6.94. The van der Waals surface area contributed by atoms with Crippen molar-refractivity contribution in [2.45, 2.75) is 37.8 Å². The van der Waals surface area contributed by atoms with Crippen molar-refractivity contribution in [1.29, 1.82) is 0 Å². The number of amides is 1. The third kappa shape index (κ3) is 4.87. The van der Waals surface area contributed by atoms with Crippen molar-refractivity contribution >= 4 is 50.2 Å². The highest BCUT2D eigenvalue weighted by Gasteiger charge is 2.26. The summed E-state index contributed by atoms with van der Waals surface area (Å²) >= 11 is 9.29. The van der Waals surface area contributed by atoms with Gasteiger partial charge in [0.25, 0.3) is 5.91 Å². The van der Waals surface area contributed by atoms with Crippen molar-refractivity contribution in [2.24, 2.45) is 7.05 Å². The van der Waals surface area contributed by atoms with Crippen LogP contribution in [0.15, 0.2) is 35.3 Å². The molecule has 182 valence electrons. The maximum Gasteiger partial charge on any atom is 0.287 e. The third-order valence-corrected chi connectivity index (χ3v) is 6.69. The molecule has 3 aromatic heterocycles. The second-order valence-electron chi connectivity index (χ2n) is 8.58. The van der Waals surface area contributed by atoms with E-state index in [-0.39, 0.29) is 40.2 Å². The van der Waals surface area contributed by atoms with Crippen LogP contribution in [0.3, 0.4) is 0 Å². The van der Waals surface area contributed by atoms with Gasteiger partial charge in [0.2, 0.25) is 0 Å². The van der Waals surface area contributed by atoms with E-state index in [0.29, 0.717) is 27.8 Å². The van der Waals surface area contributed by atoms with Crippen LogP contribution in [0, 0.1) is 11.6 Å². The van der Waals surface area contributed by atoms with E-state index >= 15 is 0 Å². The highest BCUT2D eigenvalue weighted by Crippen LogP contribution is 2.32. The maximum absolute atomic E-state index is 14.6. The van der Waals surface area contributed by atoms with E-state index in [0.717, 1.165) is 25.5 Å². The Bertz CT molecular complexity index is 1420. The van der Waals surface area contributed by atoms with E-state index in [2.05, 4.69) is 46.5 Å². The highest BCUT2D eigenvalue weighted by molar-refractivity contribution is 9.10. The molecular weight excluding hydrogens is 544 g/mol. The molecule has 1 fully saturated rings. The number of aromatic nitrogens is 5. The van der Waals surface area contributed by atoms with Crippen LogP contribution in [0.5, 0.6) is 0 Å². The van der Waals surface area contributed by atoms with E-state index in [9.17, 15) is 13.6 Å². The smallest absolute Gasteiger partial charge is 0.287 e. The van der Waals surface area contributed by atoms with Crippen molar-refractivity contribution < 1.29 is 13.6 Å². The molecule has 2 atom stereocenters. The van der Waals surface area contributed by atoms with Gasteiger partial charge in [0.1, 0.15) is 10.4 Å². The zero-order chi connectivity index (χ0) is 24.7. The molecule has 3 N–H and O–H groups in total. The minimum absolute atomic E-state index is 0.0526. The van der Waals surface area contributed by atoms with Gasteiger partial charge in [0.15, 0.2) is 23.3 Å². The number of aryl methyl sites for hydroxylation is 1. The number of carbonyl (C=O) groups is 1. The van der Waals surface area contributed by atoms with Gasteiger partial charge in [-0.05, 0) is 53.7 Å². The predicted octanol–water partition coefficient (Wildman–Crippen LogP) is 5.21. The normalized spacial score (nSPS) is 18.1. The zero-order valence-electron chi connectivity index (χ0n) is 18.6. The molecule has 0 aliphatic heterocycles. The van der Waals surface area contributed by atoms with Gasteiger partial charge in [-0.15, -0.1) is 0 Å². The number of aromatic amines is 1. The van der Waals surface area contributed by atoms with Crippen LogP contribution < -0.4 is 10.6 Å². The van der Waals surface area contributed by atoms with Crippen LogP contribution in [0.4, 0.5) is 14.6 Å². The van der Waals surface area contributed by atoms with Crippen molar-refractivity contribution in [3.05, 3.63) is 57.8 Å². The molecule has 1 saturated carbocycles. The number of benzene rings is 1. The Morgan fingerprint density at radius 3 is 2.80 bits per heavy atom. The molecular formula is C23H21BrClF2N7O. The molecule has 1 amide bonds. The first-order valence-electron chi connectivity index (χ1n) is 11.0. The second-order valence-corrected chi connectivity index (χ2v) is 9.83. The molecule has 0 saturated heterocycles. The molecule has 1 aromatic carbocycles. The number of imidazole rings is 1. The topological polar surface area (TPSA) is 101 Å². The van der Waals surface area contributed by atoms with Crippen LogP contribution in [0.2, 0.25) is 5.02 Å². The largest absolute Gasteiger partial charge is 0.365 e. The van der Waals surface area contributed by atoms with E-state index in [1.165, 1.54) is 6.07 Å². The molecule has 0 bridgehead atoms. The fraction of sp³-hybridized carbons (Fsp3) is 0.304.